The van der Waals surface area contributed by atoms with Crippen molar-refractivity contribution in [2.45, 2.75) is 50.2 Å². The molecule has 0 radical (unpaired) electrons. The zero-order valence-electron chi connectivity index (χ0n) is 13.1. The molecule has 1 fully saturated rings. The molecule has 0 bridgehead atoms. The summed E-state index contributed by atoms with van der Waals surface area (Å²) in [4.78, 5) is 37.0. The monoisotopic (exact) mass is 346 g/mol. The number of likely N-dealkylation sites (tertiary alicyclic amines) is 1. The molecule has 0 aliphatic carbocycles. The maximum absolute atomic E-state index is 12.5. The van der Waals surface area contributed by atoms with E-state index < -0.39 is 35.9 Å². The summed E-state index contributed by atoms with van der Waals surface area (Å²) in [7, 11) is 0. The number of carbonyl (C=O) groups is 3. The van der Waals surface area contributed by atoms with Gasteiger partial charge in [-0.2, -0.15) is 12.6 Å². The van der Waals surface area contributed by atoms with E-state index in [1.165, 1.54) is 4.90 Å². The largest absolute Gasteiger partial charge is 0.480 e. The lowest BCUT2D eigenvalue weighted by Crippen LogP contribution is -2.55. The molecule has 6 N–H and O–H groups in total. The van der Waals surface area contributed by atoms with Crippen molar-refractivity contribution in [3.63, 3.8) is 0 Å². The van der Waals surface area contributed by atoms with Crippen LogP contribution in [0, 0.1) is 0 Å². The van der Waals surface area contributed by atoms with Gasteiger partial charge in [0.25, 0.3) is 0 Å². The molecule has 0 unspecified atom stereocenters. The number of nitrogens with one attached hydrogen (secondary N) is 1. The van der Waals surface area contributed by atoms with Crippen LogP contribution in [0.1, 0.15) is 32.1 Å². The van der Waals surface area contributed by atoms with E-state index in [9.17, 15) is 14.4 Å². The number of nitrogens with two attached hydrogens (primary N) is 2. The van der Waals surface area contributed by atoms with Crippen LogP contribution >= 0.6 is 12.6 Å². The molecule has 132 valence electrons. The van der Waals surface area contributed by atoms with Crippen LogP contribution in [0.4, 0.5) is 0 Å². The molecule has 1 aliphatic rings. The molecule has 1 saturated heterocycles. The Morgan fingerprint density at radius 3 is 2.61 bits per heavy atom. The fraction of sp³-hybridized carbons (Fsp3) is 0.786. The van der Waals surface area contributed by atoms with Crippen molar-refractivity contribution in [1.29, 1.82) is 0 Å². The number of rotatable bonds is 9. The summed E-state index contributed by atoms with van der Waals surface area (Å²) in [5.41, 5.74) is 11.2. The summed E-state index contributed by atoms with van der Waals surface area (Å²) in [5, 5.41) is 11.7. The zero-order chi connectivity index (χ0) is 17.4. The second-order valence-corrected chi connectivity index (χ2v) is 6.03. The van der Waals surface area contributed by atoms with Crippen molar-refractivity contribution < 1.29 is 19.5 Å². The minimum absolute atomic E-state index is 0.0862. The van der Waals surface area contributed by atoms with Crippen molar-refractivity contribution in [3.05, 3.63) is 0 Å². The van der Waals surface area contributed by atoms with Crippen LogP contribution in [0.25, 0.3) is 0 Å². The molecule has 0 aromatic heterocycles. The molecule has 0 spiro atoms. The number of carbonyl (C=O) groups excluding carboxylic acids is 2. The van der Waals surface area contributed by atoms with Gasteiger partial charge in [-0.3, -0.25) is 9.59 Å². The molecule has 3 atom stereocenters. The van der Waals surface area contributed by atoms with Crippen molar-refractivity contribution in [1.82, 2.24) is 10.2 Å². The van der Waals surface area contributed by atoms with Crippen LogP contribution in [0.5, 0.6) is 0 Å². The van der Waals surface area contributed by atoms with Crippen LogP contribution < -0.4 is 16.8 Å². The van der Waals surface area contributed by atoms with Crippen LogP contribution in [-0.2, 0) is 14.4 Å². The van der Waals surface area contributed by atoms with E-state index in [-0.39, 0.29) is 5.75 Å². The third-order valence-electron chi connectivity index (χ3n) is 3.92. The van der Waals surface area contributed by atoms with Crippen LogP contribution in [0.3, 0.4) is 0 Å². The van der Waals surface area contributed by atoms with Gasteiger partial charge in [-0.05, 0) is 32.2 Å². The first-order valence-electron chi connectivity index (χ1n) is 7.82. The summed E-state index contributed by atoms with van der Waals surface area (Å²) in [6.45, 7) is 0.913. The molecule has 8 nitrogen and oxygen atoms in total. The summed E-state index contributed by atoms with van der Waals surface area (Å²) in [5.74, 6) is -1.80. The highest BCUT2D eigenvalue weighted by Gasteiger charge is 2.37. The molecular weight excluding hydrogens is 320 g/mol. The maximum atomic E-state index is 12.5. The number of amides is 2. The van der Waals surface area contributed by atoms with Crippen LogP contribution in [0.2, 0.25) is 0 Å². The third kappa shape index (κ3) is 5.67. The molecule has 1 rings (SSSR count). The summed E-state index contributed by atoms with van der Waals surface area (Å²) < 4.78 is 0. The number of hydrogen-bond acceptors (Lipinski definition) is 6. The van der Waals surface area contributed by atoms with Gasteiger partial charge in [0.2, 0.25) is 11.8 Å². The van der Waals surface area contributed by atoms with Gasteiger partial charge in [-0.25, -0.2) is 4.79 Å². The van der Waals surface area contributed by atoms with Gasteiger partial charge >= 0.3 is 5.97 Å². The zero-order valence-corrected chi connectivity index (χ0v) is 14.0. The highest BCUT2D eigenvalue weighted by atomic mass is 32.1. The Balaban J connectivity index is 2.60. The normalized spacial score (nSPS) is 20.1. The molecule has 1 heterocycles. The first-order valence-corrected chi connectivity index (χ1v) is 8.45. The van der Waals surface area contributed by atoms with E-state index in [0.717, 1.165) is 12.8 Å². The highest BCUT2D eigenvalue weighted by molar-refractivity contribution is 7.80. The van der Waals surface area contributed by atoms with Crippen molar-refractivity contribution in [3.8, 4) is 0 Å². The van der Waals surface area contributed by atoms with E-state index in [1.807, 2.05) is 0 Å². The van der Waals surface area contributed by atoms with Crippen molar-refractivity contribution in [2.24, 2.45) is 11.5 Å². The molecule has 0 saturated carbocycles. The lowest BCUT2D eigenvalue weighted by atomic mass is 10.1. The number of carboxylic acid groups (broad SMARTS) is 1. The van der Waals surface area contributed by atoms with Crippen LogP contribution in [0.15, 0.2) is 0 Å². The lowest BCUT2D eigenvalue weighted by Gasteiger charge is -2.27. The summed E-state index contributed by atoms with van der Waals surface area (Å²) >= 11 is 4.09. The Kier molecular flexibility index (Phi) is 8.35. The number of aliphatic carboxylic acids is 1. The standard InChI is InChI=1S/C14H26N4O4S/c15-6-2-1-4-9(16)12(19)17-10(8-23)13(20)18-7-3-5-11(18)14(21)22/h9-11,23H,1-8,15-16H2,(H,17,19)(H,21,22)/t9-,10-,11-/m0/s1. The number of thiol groups is 1. The van der Waals surface area contributed by atoms with E-state index in [0.29, 0.717) is 32.4 Å². The number of nitrogens with zero attached hydrogens (tertiary/aromatic N) is 1. The second kappa shape index (κ2) is 9.74. The Hall–Kier alpha value is -1.32. The average Bonchev–Trinajstić information content (AvgIpc) is 3.01. The molecule has 9 heteroatoms. The Labute approximate surface area is 141 Å². The summed E-state index contributed by atoms with van der Waals surface area (Å²) in [6, 6.07) is -2.42. The maximum Gasteiger partial charge on any atom is 0.326 e. The predicted octanol–water partition coefficient (Wildman–Crippen LogP) is -1.07. The van der Waals surface area contributed by atoms with Gasteiger partial charge in [-0.15, -0.1) is 0 Å². The fourth-order valence-electron chi connectivity index (χ4n) is 2.59. The Morgan fingerprint density at radius 1 is 1.35 bits per heavy atom. The van der Waals surface area contributed by atoms with Crippen LogP contribution in [-0.4, -0.2) is 64.8 Å². The van der Waals surface area contributed by atoms with Gasteiger partial charge < -0.3 is 26.8 Å². The second-order valence-electron chi connectivity index (χ2n) is 5.66. The van der Waals surface area contributed by atoms with Gasteiger partial charge in [-0.1, -0.05) is 6.42 Å². The Bertz CT molecular complexity index is 435. The lowest BCUT2D eigenvalue weighted by molar-refractivity contribution is -0.149. The minimum Gasteiger partial charge on any atom is -0.480 e. The molecule has 0 aromatic carbocycles. The van der Waals surface area contributed by atoms with E-state index in [2.05, 4.69) is 17.9 Å². The Morgan fingerprint density at radius 2 is 2.04 bits per heavy atom. The van der Waals surface area contributed by atoms with Gasteiger partial charge in [0.05, 0.1) is 6.04 Å². The number of carboxylic acids is 1. The third-order valence-corrected chi connectivity index (χ3v) is 4.29. The van der Waals surface area contributed by atoms with Gasteiger partial charge in [0.1, 0.15) is 12.1 Å². The highest BCUT2D eigenvalue weighted by Crippen LogP contribution is 2.18. The first kappa shape index (κ1) is 19.7. The first-order chi connectivity index (χ1) is 10.9. The number of unbranched alkanes of at least 4 members (excludes halogenated alkanes) is 1. The average molecular weight is 346 g/mol. The predicted molar refractivity (Wildman–Crippen MR) is 89.0 cm³/mol. The van der Waals surface area contributed by atoms with E-state index in [1.54, 1.807) is 0 Å². The van der Waals surface area contributed by atoms with Crippen molar-refractivity contribution >= 4 is 30.4 Å². The SMILES string of the molecule is NCCCC[C@H](N)C(=O)N[C@@H](CS)C(=O)N1CCC[C@H]1C(=O)O. The molecule has 23 heavy (non-hydrogen) atoms. The van der Waals surface area contributed by atoms with Gasteiger partial charge in [0, 0.05) is 12.3 Å². The fourth-order valence-corrected chi connectivity index (χ4v) is 2.84. The molecule has 1 aliphatic heterocycles. The molecule has 0 aromatic rings. The topological polar surface area (TPSA) is 139 Å². The quantitative estimate of drug-likeness (QED) is 0.266. The van der Waals surface area contributed by atoms with E-state index >= 15 is 0 Å². The van der Waals surface area contributed by atoms with E-state index in [4.69, 9.17) is 16.6 Å². The smallest absolute Gasteiger partial charge is 0.326 e. The molecular formula is C14H26N4O4S. The van der Waals surface area contributed by atoms with Crippen molar-refractivity contribution in [2.75, 3.05) is 18.8 Å². The summed E-state index contributed by atoms with van der Waals surface area (Å²) in [6.07, 6.45) is 3.06. The van der Waals surface area contributed by atoms with Gasteiger partial charge in [0.15, 0.2) is 0 Å². The molecule has 2 amide bonds. The number of hydrogen-bond donors (Lipinski definition) is 5. The minimum atomic E-state index is -1.03.